The average Bonchev–Trinajstić information content (AvgIpc) is 3.20. The number of rotatable bonds is 5. The van der Waals surface area contributed by atoms with Crippen LogP contribution in [-0.4, -0.2) is 30.3 Å². The molecule has 0 radical (unpaired) electrons. The molecule has 1 atom stereocenters. The second-order valence-electron chi connectivity index (χ2n) is 6.49. The summed E-state index contributed by atoms with van der Waals surface area (Å²) in [5.74, 6) is 1.17. The quantitative estimate of drug-likeness (QED) is 0.722. The molecule has 8 nitrogen and oxygen atoms in total. The molecule has 0 amide bonds. The third-order valence-electron chi connectivity index (χ3n) is 4.69. The predicted octanol–water partition coefficient (Wildman–Crippen LogP) is 2.10. The normalized spacial score (nSPS) is 16.6. The van der Waals surface area contributed by atoms with Crippen LogP contribution in [0.15, 0.2) is 28.8 Å². The Labute approximate surface area is 155 Å². The SMILES string of the molecule is Cc1nnnn1C(Cc1cccc(F)c1)c1nc(C2(N)CCC2)no1.Cl. The molecule has 138 valence electrons. The average molecular weight is 380 g/mol. The van der Waals surface area contributed by atoms with Gasteiger partial charge in [-0.3, -0.25) is 0 Å². The van der Waals surface area contributed by atoms with Gasteiger partial charge in [0.15, 0.2) is 5.82 Å². The van der Waals surface area contributed by atoms with Crippen molar-refractivity contribution >= 4 is 12.4 Å². The lowest BCUT2D eigenvalue weighted by molar-refractivity contribution is 0.228. The van der Waals surface area contributed by atoms with Crippen LogP contribution in [0.4, 0.5) is 4.39 Å². The summed E-state index contributed by atoms with van der Waals surface area (Å²) in [5.41, 5.74) is 6.55. The van der Waals surface area contributed by atoms with Crippen molar-refractivity contribution < 1.29 is 8.91 Å². The van der Waals surface area contributed by atoms with E-state index in [1.165, 1.54) is 12.1 Å². The van der Waals surface area contributed by atoms with E-state index in [0.29, 0.717) is 24.0 Å². The maximum Gasteiger partial charge on any atom is 0.252 e. The monoisotopic (exact) mass is 379 g/mol. The molecule has 1 saturated carbocycles. The second kappa shape index (κ2) is 7.08. The van der Waals surface area contributed by atoms with Crippen molar-refractivity contribution in [3.05, 3.63) is 53.2 Å². The van der Waals surface area contributed by atoms with E-state index in [0.717, 1.165) is 24.8 Å². The minimum absolute atomic E-state index is 0. The van der Waals surface area contributed by atoms with Crippen LogP contribution in [0.3, 0.4) is 0 Å². The summed E-state index contributed by atoms with van der Waals surface area (Å²) >= 11 is 0. The first-order valence-corrected chi connectivity index (χ1v) is 8.17. The highest BCUT2D eigenvalue weighted by molar-refractivity contribution is 5.85. The van der Waals surface area contributed by atoms with Crippen molar-refractivity contribution in [2.75, 3.05) is 0 Å². The Bertz CT molecular complexity index is 892. The first-order valence-electron chi connectivity index (χ1n) is 8.17. The van der Waals surface area contributed by atoms with E-state index >= 15 is 0 Å². The van der Waals surface area contributed by atoms with Gasteiger partial charge in [0.1, 0.15) is 17.7 Å². The Morgan fingerprint density at radius 1 is 1.38 bits per heavy atom. The van der Waals surface area contributed by atoms with E-state index in [1.54, 1.807) is 17.7 Å². The van der Waals surface area contributed by atoms with E-state index in [9.17, 15) is 4.39 Å². The van der Waals surface area contributed by atoms with Gasteiger partial charge in [0.25, 0.3) is 5.89 Å². The maximum atomic E-state index is 13.5. The van der Waals surface area contributed by atoms with Gasteiger partial charge >= 0.3 is 0 Å². The molecule has 2 heterocycles. The highest BCUT2D eigenvalue weighted by atomic mass is 35.5. The Balaban J connectivity index is 0.00000196. The van der Waals surface area contributed by atoms with Gasteiger partial charge in [0, 0.05) is 6.42 Å². The third kappa shape index (κ3) is 3.32. The van der Waals surface area contributed by atoms with Crippen LogP contribution in [-0.2, 0) is 12.0 Å². The highest BCUT2D eigenvalue weighted by Crippen LogP contribution is 2.37. The smallest absolute Gasteiger partial charge is 0.252 e. The van der Waals surface area contributed by atoms with E-state index in [1.807, 2.05) is 6.07 Å². The second-order valence-corrected chi connectivity index (χ2v) is 6.49. The first-order chi connectivity index (χ1) is 12.0. The fourth-order valence-corrected chi connectivity index (χ4v) is 3.05. The molecular formula is C16H19ClFN7O. The topological polar surface area (TPSA) is 109 Å². The van der Waals surface area contributed by atoms with Crippen LogP contribution in [0.2, 0.25) is 0 Å². The van der Waals surface area contributed by atoms with Gasteiger partial charge < -0.3 is 10.3 Å². The van der Waals surface area contributed by atoms with E-state index < -0.39 is 11.6 Å². The number of hydrogen-bond acceptors (Lipinski definition) is 7. The molecule has 1 aliphatic rings. The molecule has 2 N–H and O–H groups in total. The predicted molar refractivity (Wildman–Crippen MR) is 92.1 cm³/mol. The fraction of sp³-hybridized carbons (Fsp3) is 0.438. The minimum atomic E-state index is -0.513. The number of hydrogen-bond donors (Lipinski definition) is 1. The van der Waals surface area contributed by atoms with Crippen molar-refractivity contribution in [3.8, 4) is 0 Å². The fourth-order valence-electron chi connectivity index (χ4n) is 3.05. The number of aromatic nitrogens is 6. The number of nitrogens with two attached hydrogens (primary N) is 1. The molecule has 0 bridgehead atoms. The summed E-state index contributed by atoms with van der Waals surface area (Å²) < 4.78 is 20.6. The molecule has 1 aromatic carbocycles. The lowest BCUT2D eigenvalue weighted by Gasteiger charge is -2.34. The molecule has 2 aromatic heterocycles. The molecule has 10 heteroatoms. The summed E-state index contributed by atoms with van der Waals surface area (Å²) in [6.07, 6.45) is 3.15. The molecule has 1 unspecified atom stereocenters. The molecule has 1 aliphatic carbocycles. The number of aryl methyl sites for hydroxylation is 1. The van der Waals surface area contributed by atoms with Crippen molar-refractivity contribution in [2.45, 2.75) is 44.2 Å². The van der Waals surface area contributed by atoms with E-state index in [4.69, 9.17) is 10.3 Å². The molecule has 4 rings (SSSR count). The zero-order chi connectivity index (χ0) is 17.4. The molecule has 0 saturated heterocycles. The summed E-state index contributed by atoms with van der Waals surface area (Å²) in [6.45, 7) is 1.78. The highest BCUT2D eigenvalue weighted by Gasteiger charge is 2.40. The van der Waals surface area contributed by atoms with Crippen molar-refractivity contribution in [1.82, 2.24) is 30.3 Å². The van der Waals surface area contributed by atoms with Gasteiger partial charge in [-0.2, -0.15) is 4.98 Å². The van der Waals surface area contributed by atoms with Crippen LogP contribution in [0.5, 0.6) is 0 Å². The van der Waals surface area contributed by atoms with Crippen molar-refractivity contribution in [1.29, 1.82) is 0 Å². The summed E-state index contributed by atoms with van der Waals surface area (Å²) in [4.78, 5) is 4.51. The maximum absolute atomic E-state index is 13.5. The lowest BCUT2D eigenvalue weighted by atomic mass is 9.77. The van der Waals surface area contributed by atoms with Gasteiger partial charge in [0.05, 0.1) is 5.54 Å². The lowest BCUT2D eigenvalue weighted by Crippen LogP contribution is -2.44. The van der Waals surface area contributed by atoms with Crippen LogP contribution in [0.1, 0.15) is 48.4 Å². The molecule has 1 fully saturated rings. The first kappa shape index (κ1) is 18.4. The van der Waals surface area contributed by atoms with Gasteiger partial charge in [0.2, 0.25) is 0 Å². The number of nitrogens with zero attached hydrogens (tertiary/aromatic N) is 6. The van der Waals surface area contributed by atoms with E-state index in [-0.39, 0.29) is 18.2 Å². The Kier molecular flexibility index (Phi) is 5.01. The zero-order valence-corrected chi connectivity index (χ0v) is 15.0. The van der Waals surface area contributed by atoms with Crippen LogP contribution < -0.4 is 5.73 Å². The number of tetrazole rings is 1. The molecule has 0 spiro atoms. The van der Waals surface area contributed by atoms with Gasteiger partial charge in [-0.1, -0.05) is 17.3 Å². The Hall–Kier alpha value is -2.39. The molecule has 3 aromatic rings. The van der Waals surface area contributed by atoms with Crippen molar-refractivity contribution in [3.63, 3.8) is 0 Å². The number of benzene rings is 1. The summed E-state index contributed by atoms with van der Waals surface area (Å²) in [5, 5.41) is 15.7. The zero-order valence-electron chi connectivity index (χ0n) is 14.2. The van der Waals surface area contributed by atoms with Gasteiger partial charge in [-0.15, -0.1) is 17.5 Å². The Morgan fingerprint density at radius 2 is 2.19 bits per heavy atom. The molecule has 26 heavy (non-hydrogen) atoms. The summed E-state index contributed by atoms with van der Waals surface area (Å²) in [7, 11) is 0. The van der Waals surface area contributed by atoms with Crippen LogP contribution >= 0.6 is 12.4 Å². The number of halogens is 2. The standard InChI is InChI=1S/C16H18FN7O.ClH/c1-10-20-22-23-24(10)13(9-11-4-2-5-12(17)8-11)14-19-15(21-25-14)16(18)6-3-7-16;/h2,4-5,8,13H,3,6-7,9,18H2,1H3;1H. The van der Waals surface area contributed by atoms with Crippen LogP contribution in [0.25, 0.3) is 0 Å². The van der Waals surface area contributed by atoms with Crippen LogP contribution in [0, 0.1) is 12.7 Å². The van der Waals surface area contributed by atoms with Crippen molar-refractivity contribution in [2.24, 2.45) is 5.73 Å². The minimum Gasteiger partial charge on any atom is -0.337 e. The van der Waals surface area contributed by atoms with E-state index in [2.05, 4.69) is 25.7 Å². The molecular weight excluding hydrogens is 361 g/mol. The third-order valence-corrected chi connectivity index (χ3v) is 4.69. The van der Waals surface area contributed by atoms with Gasteiger partial charge in [-0.25, -0.2) is 9.07 Å². The summed E-state index contributed by atoms with van der Waals surface area (Å²) in [6, 6.07) is 5.95. The Morgan fingerprint density at radius 3 is 2.81 bits per heavy atom. The molecule has 0 aliphatic heterocycles. The largest absolute Gasteiger partial charge is 0.337 e. The van der Waals surface area contributed by atoms with Gasteiger partial charge in [-0.05, 0) is 54.3 Å².